The zero-order chi connectivity index (χ0) is 18.2. The molecule has 1 aromatic carbocycles. The molecule has 2 rings (SSSR count). The zero-order valence-corrected chi connectivity index (χ0v) is 17.5. The first-order valence-corrected chi connectivity index (χ1v) is 8.02. The molecule has 0 aliphatic carbocycles. The summed E-state index contributed by atoms with van der Waals surface area (Å²) in [5.74, 6) is 0.769. The summed E-state index contributed by atoms with van der Waals surface area (Å²) >= 11 is 0. The molecule has 0 unspecified atom stereocenters. The van der Waals surface area contributed by atoms with Crippen LogP contribution < -0.4 is 10.6 Å². The third kappa shape index (κ3) is 5.90. The normalized spacial score (nSPS) is 10.8. The second-order valence-electron chi connectivity index (χ2n) is 5.64. The number of hydrogen-bond acceptors (Lipinski definition) is 4. The first-order chi connectivity index (χ1) is 12.0. The number of halogens is 1. The van der Waals surface area contributed by atoms with Gasteiger partial charge in [-0.2, -0.15) is 0 Å². The van der Waals surface area contributed by atoms with Crippen molar-refractivity contribution in [3.63, 3.8) is 0 Å². The summed E-state index contributed by atoms with van der Waals surface area (Å²) in [6.07, 6.45) is 2.01. The van der Waals surface area contributed by atoms with Crippen molar-refractivity contribution in [3.05, 3.63) is 58.4 Å². The Balaban J connectivity index is 0.00000338. The van der Waals surface area contributed by atoms with Gasteiger partial charge >= 0.3 is 0 Å². The van der Waals surface area contributed by atoms with Gasteiger partial charge in [-0.3, -0.25) is 15.1 Å². The number of nitrogens with one attached hydrogen (secondary N) is 2. The number of rotatable bonds is 7. The van der Waals surface area contributed by atoms with Crippen molar-refractivity contribution in [3.8, 4) is 0 Å². The second kappa shape index (κ2) is 10.6. The van der Waals surface area contributed by atoms with E-state index in [0.717, 1.165) is 12.5 Å². The van der Waals surface area contributed by atoms with Crippen molar-refractivity contribution < 1.29 is 4.92 Å². The van der Waals surface area contributed by atoms with Crippen LogP contribution in [0.15, 0.2) is 47.6 Å². The fourth-order valence-corrected chi connectivity index (χ4v) is 2.52. The summed E-state index contributed by atoms with van der Waals surface area (Å²) in [7, 11) is 5.72. The Hall–Kier alpha value is -2.30. The third-order valence-corrected chi connectivity index (χ3v) is 3.85. The van der Waals surface area contributed by atoms with Crippen molar-refractivity contribution in [2.75, 3.05) is 32.5 Å². The number of nitrogens with zero attached hydrogens (tertiary/aromatic N) is 4. The van der Waals surface area contributed by atoms with Crippen molar-refractivity contribution in [2.45, 2.75) is 6.54 Å². The Morgan fingerprint density at radius 1 is 1.27 bits per heavy atom. The van der Waals surface area contributed by atoms with Gasteiger partial charge in [-0.1, -0.05) is 12.1 Å². The molecule has 142 valence electrons. The summed E-state index contributed by atoms with van der Waals surface area (Å²) in [6.45, 7) is 1.87. The fraction of sp³-hybridized carbons (Fsp3) is 0.353. The fourth-order valence-electron chi connectivity index (χ4n) is 2.52. The van der Waals surface area contributed by atoms with Crippen LogP contribution in [-0.4, -0.2) is 47.5 Å². The first kappa shape index (κ1) is 21.7. The van der Waals surface area contributed by atoms with Gasteiger partial charge in [0.2, 0.25) is 0 Å². The Morgan fingerprint density at radius 2 is 2.00 bits per heavy atom. The van der Waals surface area contributed by atoms with Crippen LogP contribution in [0.25, 0.3) is 0 Å². The van der Waals surface area contributed by atoms with Crippen LogP contribution in [0.4, 0.5) is 11.4 Å². The van der Waals surface area contributed by atoms with E-state index < -0.39 is 0 Å². The lowest BCUT2D eigenvalue weighted by Gasteiger charge is -2.22. The third-order valence-electron chi connectivity index (χ3n) is 3.85. The SMILES string of the molecule is CN=C(NCCNc1ccccc1[N+](=O)[O-])N(C)Cc1cccn1C.I. The van der Waals surface area contributed by atoms with Gasteiger partial charge in [0.15, 0.2) is 5.96 Å². The maximum absolute atomic E-state index is 11.0. The number of anilines is 1. The Morgan fingerprint density at radius 3 is 2.62 bits per heavy atom. The van der Waals surface area contributed by atoms with E-state index in [1.807, 2.05) is 31.3 Å². The van der Waals surface area contributed by atoms with E-state index in [1.165, 1.54) is 11.8 Å². The highest BCUT2D eigenvalue weighted by atomic mass is 127. The van der Waals surface area contributed by atoms with Crippen LogP contribution in [-0.2, 0) is 13.6 Å². The predicted molar refractivity (Wildman–Crippen MR) is 115 cm³/mol. The highest BCUT2D eigenvalue weighted by molar-refractivity contribution is 14.0. The minimum absolute atomic E-state index is 0. The lowest BCUT2D eigenvalue weighted by Crippen LogP contribution is -2.40. The molecule has 0 bridgehead atoms. The van der Waals surface area contributed by atoms with Crippen molar-refractivity contribution in [1.82, 2.24) is 14.8 Å². The molecule has 0 fully saturated rings. The van der Waals surface area contributed by atoms with Crippen molar-refractivity contribution in [1.29, 1.82) is 0 Å². The molecule has 0 spiro atoms. The molecule has 2 N–H and O–H groups in total. The van der Waals surface area contributed by atoms with Gasteiger partial charge in [0.1, 0.15) is 5.69 Å². The van der Waals surface area contributed by atoms with Crippen LogP contribution in [0.2, 0.25) is 0 Å². The number of para-hydroxylation sites is 2. The van der Waals surface area contributed by atoms with Crippen LogP contribution in [0, 0.1) is 10.1 Å². The molecule has 8 nitrogen and oxygen atoms in total. The topological polar surface area (TPSA) is 87.7 Å². The first-order valence-electron chi connectivity index (χ1n) is 8.02. The summed E-state index contributed by atoms with van der Waals surface area (Å²) in [5, 5.41) is 17.3. The van der Waals surface area contributed by atoms with E-state index in [-0.39, 0.29) is 34.6 Å². The van der Waals surface area contributed by atoms with Gasteiger partial charge in [0.05, 0.1) is 11.5 Å². The molecule has 0 amide bonds. The molecule has 0 aliphatic rings. The minimum Gasteiger partial charge on any atom is -0.378 e. The molecule has 1 heterocycles. The second-order valence-corrected chi connectivity index (χ2v) is 5.64. The maximum Gasteiger partial charge on any atom is 0.292 e. The average Bonchev–Trinajstić information content (AvgIpc) is 3.00. The molecular weight excluding hydrogens is 447 g/mol. The largest absolute Gasteiger partial charge is 0.378 e. The molecule has 0 saturated heterocycles. The van der Waals surface area contributed by atoms with E-state index in [9.17, 15) is 10.1 Å². The molecule has 9 heteroatoms. The molecule has 0 atom stereocenters. The van der Waals surface area contributed by atoms with E-state index in [1.54, 1.807) is 25.2 Å². The Bertz CT molecular complexity index is 746. The monoisotopic (exact) mass is 472 g/mol. The van der Waals surface area contributed by atoms with E-state index >= 15 is 0 Å². The van der Waals surface area contributed by atoms with E-state index in [4.69, 9.17) is 0 Å². The molecule has 0 saturated carbocycles. The van der Waals surface area contributed by atoms with Gasteiger partial charge < -0.3 is 20.1 Å². The number of aryl methyl sites for hydroxylation is 1. The number of aromatic nitrogens is 1. The maximum atomic E-state index is 11.0. The molecule has 2 aromatic rings. The average molecular weight is 472 g/mol. The summed E-state index contributed by atoms with van der Waals surface area (Å²) in [5.41, 5.74) is 1.78. The number of aliphatic imine (C=N–C) groups is 1. The Kier molecular flexibility index (Phi) is 8.90. The molecule has 1 aromatic heterocycles. The van der Waals surface area contributed by atoms with Crippen molar-refractivity contribution >= 4 is 41.3 Å². The number of benzene rings is 1. The lowest BCUT2D eigenvalue weighted by molar-refractivity contribution is -0.384. The predicted octanol–water partition coefficient (Wildman–Crippen LogP) is 2.67. The van der Waals surface area contributed by atoms with Crippen LogP contribution in [0.5, 0.6) is 0 Å². The highest BCUT2D eigenvalue weighted by Gasteiger charge is 2.12. The summed E-state index contributed by atoms with van der Waals surface area (Å²) in [4.78, 5) is 16.9. The Labute approximate surface area is 170 Å². The lowest BCUT2D eigenvalue weighted by atomic mass is 10.2. The number of nitro groups is 1. The number of hydrogen-bond donors (Lipinski definition) is 2. The minimum atomic E-state index is -0.387. The number of guanidine groups is 1. The van der Waals surface area contributed by atoms with Gasteiger partial charge in [-0.05, 0) is 18.2 Å². The van der Waals surface area contributed by atoms with E-state index in [0.29, 0.717) is 18.8 Å². The van der Waals surface area contributed by atoms with Crippen LogP contribution in [0.1, 0.15) is 5.69 Å². The van der Waals surface area contributed by atoms with Gasteiger partial charge in [-0.25, -0.2) is 0 Å². The summed E-state index contributed by atoms with van der Waals surface area (Å²) in [6, 6.07) is 10.7. The molecular formula is C17H25IN6O2. The van der Waals surface area contributed by atoms with Gasteiger partial charge in [0.25, 0.3) is 5.69 Å². The van der Waals surface area contributed by atoms with Crippen LogP contribution in [0.3, 0.4) is 0 Å². The smallest absolute Gasteiger partial charge is 0.292 e. The number of nitro benzene ring substituents is 1. The summed E-state index contributed by atoms with van der Waals surface area (Å²) < 4.78 is 2.07. The zero-order valence-electron chi connectivity index (χ0n) is 15.2. The molecule has 26 heavy (non-hydrogen) atoms. The molecule has 0 aliphatic heterocycles. The van der Waals surface area contributed by atoms with E-state index in [2.05, 4.69) is 26.3 Å². The van der Waals surface area contributed by atoms with Gasteiger partial charge in [-0.15, -0.1) is 24.0 Å². The van der Waals surface area contributed by atoms with Crippen molar-refractivity contribution in [2.24, 2.45) is 12.0 Å². The standard InChI is InChI=1S/C17H24N6O2.HI/c1-18-17(22(3)13-14-7-6-12-21(14)2)20-11-10-19-15-8-4-5-9-16(15)23(24)25;/h4-9,12,19H,10-11,13H2,1-3H3,(H,18,20);1H. The highest BCUT2D eigenvalue weighted by Crippen LogP contribution is 2.22. The molecule has 0 radical (unpaired) electrons. The van der Waals surface area contributed by atoms with Crippen LogP contribution >= 0.6 is 24.0 Å². The quantitative estimate of drug-likeness (QED) is 0.162. The van der Waals surface area contributed by atoms with Gasteiger partial charge in [0, 0.05) is 52.2 Å².